The second-order valence-electron chi connectivity index (χ2n) is 3.11. The van der Waals surface area contributed by atoms with E-state index in [0.29, 0.717) is 0 Å². The van der Waals surface area contributed by atoms with E-state index in [1.807, 2.05) is 18.2 Å². The van der Waals surface area contributed by atoms with Gasteiger partial charge in [-0.15, -0.1) is 0 Å². The minimum atomic E-state index is -0.0734. The molecule has 1 saturated carbocycles. The van der Waals surface area contributed by atoms with Gasteiger partial charge in [0.05, 0.1) is 0 Å². The first-order chi connectivity index (χ1) is 5.87. The Morgan fingerprint density at radius 1 is 1.17 bits per heavy atom. The molecule has 1 aromatic rings. The van der Waals surface area contributed by atoms with Gasteiger partial charge in [0.15, 0.2) is 0 Å². The van der Waals surface area contributed by atoms with Crippen LogP contribution in [0.1, 0.15) is 18.4 Å². The monoisotopic (exact) mass is 161 g/mol. The van der Waals surface area contributed by atoms with E-state index < -0.39 is 0 Å². The zero-order chi connectivity index (χ0) is 8.44. The molecule has 0 saturated heterocycles. The summed E-state index contributed by atoms with van der Waals surface area (Å²) in [5.41, 5.74) is 1.15. The van der Waals surface area contributed by atoms with Gasteiger partial charge in [-0.25, -0.2) is 0 Å². The maximum atomic E-state index is 5.05. The van der Waals surface area contributed by atoms with Gasteiger partial charge in [0.1, 0.15) is 5.54 Å². The zero-order valence-corrected chi connectivity index (χ0v) is 6.77. The summed E-state index contributed by atoms with van der Waals surface area (Å²) in [6.07, 6.45) is 2.13. The van der Waals surface area contributed by atoms with Crippen LogP contribution in [0.5, 0.6) is 0 Å². The van der Waals surface area contributed by atoms with E-state index in [1.165, 1.54) is 5.56 Å². The van der Waals surface area contributed by atoms with Crippen molar-refractivity contribution in [2.75, 3.05) is 0 Å². The quantitative estimate of drug-likeness (QED) is 0.402. The maximum absolute atomic E-state index is 5.05. The van der Waals surface area contributed by atoms with Gasteiger partial charge in [-0.3, -0.25) is 0 Å². The van der Waals surface area contributed by atoms with Crippen molar-refractivity contribution in [3.8, 4) is 0 Å². The van der Waals surface area contributed by atoms with E-state index in [2.05, 4.69) is 22.5 Å². The summed E-state index contributed by atoms with van der Waals surface area (Å²) < 4.78 is 0. The van der Waals surface area contributed by atoms with Gasteiger partial charge >= 0.3 is 0 Å². The van der Waals surface area contributed by atoms with Gasteiger partial charge in [0.2, 0.25) is 0 Å². The molecule has 0 heterocycles. The Morgan fingerprint density at radius 3 is 2.33 bits per heavy atom. The predicted molar refractivity (Wildman–Crippen MR) is 46.4 cm³/mol. The van der Waals surface area contributed by atoms with Gasteiger partial charge in [0.25, 0.3) is 0 Å². The van der Waals surface area contributed by atoms with Gasteiger partial charge < -0.3 is 5.84 Å². The molecule has 1 aliphatic carbocycles. The molecule has 62 valence electrons. The van der Waals surface area contributed by atoms with Crippen molar-refractivity contribution in [1.29, 1.82) is 0 Å². The molecule has 0 aliphatic heterocycles. The highest BCUT2D eigenvalue weighted by Crippen LogP contribution is 2.49. The van der Waals surface area contributed by atoms with Crippen LogP contribution < -0.4 is 5.84 Å². The van der Waals surface area contributed by atoms with Crippen molar-refractivity contribution in [3.05, 3.63) is 35.9 Å². The third-order valence-corrected chi connectivity index (χ3v) is 2.28. The van der Waals surface area contributed by atoms with Crippen LogP contribution in [0, 0.1) is 0 Å². The number of rotatable bonds is 2. The molecular formula is C9H11N3. The Bertz CT molecular complexity index is 288. The Kier molecular flexibility index (Phi) is 1.57. The lowest BCUT2D eigenvalue weighted by Crippen LogP contribution is -2.01. The minimum absolute atomic E-state index is 0.0734. The molecule has 0 bridgehead atoms. The number of nitrogens with two attached hydrogens (primary N) is 1. The van der Waals surface area contributed by atoms with Gasteiger partial charge in [-0.1, -0.05) is 35.6 Å². The average molecular weight is 161 g/mol. The van der Waals surface area contributed by atoms with Crippen LogP contribution in [-0.2, 0) is 5.54 Å². The lowest BCUT2D eigenvalue weighted by atomic mass is 10.1. The Hall–Kier alpha value is -1.38. The molecule has 1 fully saturated rings. The molecule has 1 aromatic carbocycles. The van der Waals surface area contributed by atoms with E-state index >= 15 is 0 Å². The van der Waals surface area contributed by atoms with Crippen LogP contribution >= 0.6 is 0 Å². The number of benzene rings is 1. The summed E-state index contributed by atoms with van der Waals surface area (Å²) in [6, 6.07) is 10.2. The maximum Gasteiger partial charge on any atom is 0.109 e. The van der Waals surface area contributed by atoms with E-state index in [9.17, 15) is 0 Å². The van der Waals surface area contributed by atoms with Crippen LogP contribution in [0.2, 0.25) is 0 Å². The molecule has 12 heavy (non-hydrogen) atoms. The summed E-state index contributed by atoms with van der Waals surface area (Å²) in [4.78, 5) is 0. The third kappa shape index (κ3) is 1.07. The first-order valence-corrected chi connectivity index (χ1v) is 4.05. The summed E-state index contributed by atoms with van der Waals surface area (Å²) in [7, 11) is 0. The Labute approximate surface area is 71.3 Å². The number of nitrogens with zero attached hydrogens (tertiary/aromatic N) is 2. The minimum Gasteiger partial charge on any atom is -0.305 e. The highest BCUT2D eigenvalue weighted by Gasteiger charge is 2.45. The second-order valence-corrected chi connectivity index (χ2v) is 3.11. The molecule has 0 aromatic heterocycles. The molecule has 0 atom stereocenters. The highest BCUT2D eigenvalue weighted by molar-refractivity contribution is 5.29. The standard InChI is InChI=1S/C9H11N3/c10-12-11-9(6-7-9)8-4-2-1-3-5-8/h1-5H,6-7H2,(H2,10,11). The number of hydrogen-bond acceptors (Lipinski definition) is 2. The molecule has 0 amide bonds. The van der Waals surface area contributed by atoms with E-state index in [1.54, 1.807) is 0 Å². The average Bonchev–Trinajstić information content (AvgIpc) is 2.88. The van der Waals surface area contributed by atoms with Gasteiger partial charge in [-0.2, -0.15) is 5.11 Å². The van der Waals surface area contributed by atoms with Crippen molar-refractivity contribution < 1.29 is 0 Å². The fourth-order valence-corrected chi connectivity index (χ4v) is 1.42. The van der Waals surface area contributed by atoms with E-state index in [0.717, 1.165) is 12.8 Å². The van der Waals surface area contributed by atoms with Crippen molar-refractivity contribution in [2.45, 2.75) is 18.4 Å². The van der Waals surface area contributed by atoms with Crippen LogP contribution in [-0.4, -0.2) is 0 Å². The zero-order valence-electron chi connectivity index (χ0n) is 6.77. The second kappa shape index (κ2) is 2.59. The molecule has 2 N–H and O–H groups in total. The highest BCUT2D eigenvalue weighted by atomic mass is 15.3. The van der Waals surface area contributed by atoms with Crippen LogP contribution in [0.15, 0.2) is 40.7 Å². The first kappa shape index (κ1) is 7.28. The molecule has 3 nitrogen and oxygen atoms in total. The third-order valence-electron chi connectivity index (χ3n) is 2.28. The van der Waals surface area contributed by atoms with E-state index in [4.69, 9.17) is 5.84 Å². The van der Waals surface area contributed by atoms with Crippen molar-refractivity contribution >= 4 is 0 Å². The summed E-state index contributed by atoms with van der Waals surface area (Å²) in [5, 5.41) is 7.41. The summed E-state index contributed by atoms with van der Waals surface area (Å²) in [5.74, 6) is 5.05. The fraction of sp³-hybridized carbons (Fsp3) is 0.333. The Balaban J connectivity index is 2.31. The first-order valence-electron chi connectivity index (χ1n) is 4.05. The molecule has 2 rings (SSSR count). The Morgan fingerprint density at radius 2 is 1.83 bits per heavy atom. The van der Waals surface area contributed by atoms with Crippen molar-refractivity contribution in [1.82, 2.24) is 0 Å². The van der Waals surface area contributed by atoms with Crippen LogP contribution in [0.25, 0.3) is 0 Å². The molecule has 1 aliphatic rings. The molecular weight excluding hydrogens is 150 g/mol. The smallest absolute Gasteiger partial charge is 0.109 e. The molecule has 0 unspecified atom stereocenters. The predicted octanol–water partition coefficient (Wildman–Crippen LogP) is 2.00. The fourth-order valence-electron chi connectivity index (χ4n) is 1.42. The largest absolute Gasteiger partial charge is 0.305 e. The van der Waals surface area contributed by atoms with Gasteiger partial charge in [0, 0.05) is 0 Å². The topological polar surface area (TPSA) is 50.7 Å². The number of hydrogen-bond donors (Lipinski definition) is 1. The molecule has 0 radical (unpaired) electrons. The normalized spacial score (nSPS) is 19.7. The van der Waals surface area contributed by atoms with Crippen molar-refractivity contribution in [2.24, 2.45) is 16.2 Å². The lowest BCUT2D eigenvalue weighted by molar-refractivity contribution is 0.671. The molecule has 3 heteroatoms. The lowest BCUT2D eigenvalue weighted by Gasteiger charge is -2.06. The van der Waals surface area contributed by atoms with Crippen LogP contribution in [0.3, 0.4) is 0 Å². The summed E-state index contributed by atoms with van der Waals surface area (Å²) >= 11 is 0. The summed E-state index contributed by atoms with van der Waals surface area (Å²) in [6.45, 7) is 0. The van der Waals surface area contributed by atoms with Gasteiger partial charge in [-0.05, 0) is 18.4 Å². The SMILES string of the molecule is NN=NC1(c2ccccc2)CC1. The molecule has 0 spiro atoms. The van der Waals surface area contributed by atoms with Crippen molar-refractivity contribution in [3.63, 3.8) is 0 Å². The van der Waals surface area contributed by atoms with E-state index in [-0.39, 0.29) is 5.54 Å². The van der Waals surface area contributed by atoms with Crippen LogP contribution in [0.4, 0.5) is 0 Å².